The summed E-state index contributed by atoms with van der Waals surface area (Å²) in [5, 5.41) is 1.53. The standard InChI is InChI=1S/C10H8BrClN2/c11-7-1-2-9-8(4-7)6(5-13)3-10(12)14-9/h1-4H,5,13H2. The molecule has 14 heavy (non-hydrogen) atoms. The molecule has 0 unspecified atom stereocenters. The molecule has 0 bridgehead atoms. The predicted molar refractivity (Wildman–Crippen MR) is 62.3 cm³/mol. The Morgan fingerprint density at radius 2 is 2.14 bits per heavy atom. The lowest BCUT2D eigenvalue weighted by Gasteiger charge is -2.04. The van der Waals surface area contributed by atoms with Crippen LogP contribution in [-0.4, -0.2) is 4.98 Å². The van der Waals surface area contributed by atoms with Gasteiger partial charge in [0.05, 0.1) is 5.52 Å². The van der Waals surface area contributed by atoms with Crippen molar-refractivity contribution in [1.29, 1.82) is 0 Å². The number of pyridine rings is 1. The van der Waals surface area contributed by atoms with E-state index in [-0.39, 0.29) is 0 Å². The molecule has 72 valence electrons. The first-order valence-corrected chi connectivity index (χ1v) is 5.32. The number of fused-ring (bicyclic) bond motifs is 1. The average molecular weight is 272 g/mol. The van der Waals surface area contributed by atoms with E-state index in [4.69, 9.17) is 17.3 Å². The number of rotatable bonds is 1. The second kappa shape index (κ2) is 3.85. The van der Waals surface area contributed by atoms with Gasteiger partial charge in [0, 0.05) is 16.4 Å². The monoisotopic (exact) mass is 270 g/mol. The van der Waals surface area contributed by atoms with Crippen LogP contribution in [0, 0.1) is 0 Å². The van der Waals surface area contributed by atoms with E-state index in [0.29, 0.717) is 11.7 Å². The molecule has 0 saturated carbocycles. The highest BCUT2D eigenvalue weighted by Gasteiger charge is 2.03. The number of nitrogens with two attached hydrogens (primary N) is 1. The summed E-state index contributed by atoms with van der Waals surface area (Å²) in [5.41, 5.74) is 7.52. The average Bonchev–Trinajstić information content (AvgIpc) is 2.17. The molecular formula is C10H8BrClN2. The van der Waals surface area contributed by atoms with Crippen LogP contribution in [0.5, 0.6) is 0 Å². The molecule has 0 saturated heterocycles. The SMILES string of the molecule is NCc1cc(Cl)nc2ccc(Br)cc12. The van der Waals surface area contributed by atoms with Crippen molar-refractivity contribution < 1.29 is 0 Å². The first-order chi connectivity index (χ1) is 6.70. The first-order valence-electron chi connectivity index (χ1n) is 4.15. The summed E-state index contributed by atoms with van der Waals surface area (Å²) < 4.78 is 1.02. The Balaban J connectivity index is 2.81. The number of halogens is 2. The molecule has 0 aliphatic heterocycles. The van der Waals surface area contributed by atoms with Gasteiger partial charge in [-0.15, -0.1) is 0 Å². The van der Waals surface area contributed by atoms with E-state index >= 15 is 0 Å². The fraction of sp³-hybridized carbons (Fsp3) is 0.100. The van der Waals surface area contributed by atoms with Gasteiger partial charge in [0.2, 0.25) is 0 Å². The van der Waals surface area contributed by atoms with Crippen LogP contribution >= 0.6 is 27.5 Å². The van der Waals surface area contributed by atoms with E-state index in [1.807, 2.05) is 18.2 Å². The number of aromatic nitrogens is 1. The molecule has 2 rings (SSSR count). The topological polar surface area (TPSA) is 38.9 Å². The van der Waals surface area contributed by atoms with Crippen LogP contribution in [0.15, 0.2) is 28.7 Å². The zero-order chi connectivity index (χ0) is 10.1. The second-order valence-electron chi connectivity index (χ2n) is 2.97. The van der Waals surface area contributed by atoms with Crippen molar-refractivity contribution in [3.05, 3.63) is 39.5 Å². The Labute approximate surface area is 95.2 Å². The van der Waals surface area contributed by atoms with E-state index in [2.05, 4.69) is 20.9 Å². The summed E-state index contributed by atoms with van der Waals surface area (Å²) in [5.74, 6) is 0. The van der Waals surface area contributed by atoms with Crippen molar-refractivity contribution in [2.45, 2.75) is 6.54 Å². The van der Waals surface area contributed by atoms with Gasteiger partial charge >= 0.3 is 0 Å². The van der Waals surface area contributed by atoms with Crippen LogP contribution in [0.2, 0.25) is 5.15 Å². The van der Waals surface area contributed by atoms with Gasteiger partial charge in [-0.2, -0.15) is 0 Å². The highest BCUT2D eigenvalue weighted by molar-refractivity contribution is 9.10. The molecule has 1 aromatic heterocycles. The molecular weight excluding hydrogens is 263 g/mol. The van der Waals surface area contributed by atoms with Gasteiger partial charge < -0.3 is 5.73 Å². The number of hydrogen-bond acceptors (Lipinski definition) is 2. The summed E-state index contributed by atoms with van der Waals surface area (Å²) in [7, 11) is 0. The summed E-state index contributed by atoms with van der Waals surface area (Å²) in [4.78, 5) is 4.21. The minimum atomic E-state index is 0.467. The Hall–Kier alpha value is -0.640. The molecule has 0 spiro atoms. The Bertz CT molecular complexity index is 485. The van der Waals surface area contributed by atoms with Crippen LogP contribution < -0.4 is 5.73 Å². The molecule has 0 fully saturated rings. The van der Waals surface area contributed by atoms with Crippen LogP contribution in [0.4, 0.5) is 0 Å². The molecule has 0 aliphatic carbocycles. The van der Waals surface area contributed by atoms with Crippen molar-refractivity contribution in [3.8, 4) is 0 Å². The van der Waals surface area contributed by atoms with E-state index in [9.17, 15) is 0 Å². The van der Waals surface area contributed by atoms with Crippen molar-refractivity contribution in [2.75, 3.05) is 0 Å². The van der Waals surface area contributed by atoms with E-state index < -0.39 is 0 Å². The van der Waals surface area contributed by atoms with Crippen LogP contribution in [-0.2, 0) is 6.54 Å². The van der Waals surface area contributed by atoms with Crippen LogP contribution in [0.25, 0.3) is 10.9 Å². The highest BCUT2D eigenvalue weighted by Crippen LogP contribution is 2.23. The second-order valence-corrected chi connectivity index (χ2v) is 4.27. The molecule has 4 heteroatoms. The minimum Gasteiger partial charge on any atom is -0.326 e. The molecule has 2 nitrogen and oxygen atoms in total. The molecule has 0 radical (unpaired) electrons. The van der Waals surface area contributed by atoms with Crippen molar-refractivity contribution in [2.24, 2.45) is 5.73 Å². The van der Waals surface area contributed by atoms with E-state index in [0.717, 1.165) is 20.9 Å². The molecule has 0 aliphatic rings. The van der Waals surface area contributed by atoms with Gasteiger partial charge in [-0.25, -0.2) is 4.98 Å². The summed E-state index contributed by atoms with van der Waals surface area (Å²) >= 11 is 9.28. The molecule has 0 amide bonds. The Morgan fingerprint density at radius 3 is 2.86 bits per heavy atom. The Kier molecular flexibility index (Phi) is 2.72. The maximum absolute atomic E-state index is 5.86. The summed E-state index contributed by atoms with van der Waals surface area (Å²) in [6.07, 6.45) is 0. The van der Waals surface area contributed by atoms with Gasteiger partial charge in [-0.05, 0) is 29.8 Å². The lowest BCUT2D eigenvalue weighted by atomic mass is 10.1. The first kappa shape index (κ1) is 9.90. The normalized spacial score (nSPS) is 10.8. The smallest absolute Gasteiger partial charge is 0.130 e. The van der Waals surface area contributed by atoms with E-state index in [1.165, 1.54) is 0 Å². The quantitative estimate of drug-likeness (QED) is 0.810. The van der Waals surface area contributed by atoms with Gasteiger partial charge in [-0.1, -0.05) is 27.5 Å². The lowest BCUT2D eigenvalue weighted by molar-refractivity contribution is 1.08. The summed E-state index contributed by atoms with van der Waals surface area (Å²) in [6.45, 7) is 0.467. The summed E-state index contributed by atoms with van der Waals surface area (Å²) in [6, 6.07) is 7.66. The number of nitrogens with zero attached hydrogens (tertiary/aromatic N) is 1. The van der Waals surface area contributed by atoms with Crippen LogP contribution in [0.3, 0.4) is 0 Å². The maximum Gasteiger partial charge on any atom is 0.130 e. The molecule has 1 aromatic carbocycles. The molecule has 2 aromatic rings. The third kappa shape index (κ3) is 1.75. The van der Waals surface area contributed by atoms with Gasteiger partial charge in [0.25, 0.3) is 0 Å². The van der Waals surface area contributed by atoms with Crippen LogP contribution in [0.1, 0.15) is 5.56 Å². The molecule has 0 atom stereocenters. The highest BCUT2D eigenvalue weighted by atomic mass is 79.9. The van der Waals surface area contributed by atoms with Crippen molar-refractivity contribution >= 4 is 38.4 Å². The largest absolute Gasteiger partial charge is 0.326 e. The van der Waals surface area contributed by atoms with Gasteiger partial charge in [0.15, 0.2) is 0 Å². The zero-order valence-corrected chi connectivity index (χ0v) is 9.64. The fourth-order valence-electron chi connectivity index (χ4n) is 1.40. The lowest BCUT2D eigenvalue weighted by Crippen LogP contribution is -1.98. The zero-order valence-electron chi connectivity index (χ0n) is 7.30. The van der Waals surface area contributed by atoms with Crippen molar-refractivity contribution in [1.82, 2.24) is 4.98 Å². The maximum atomic E-state index is 5.86. The number of hydrogen-bond donors (Lipinski definition) is 1. The predicted octanol–water partition coefficient (Wildman–Crippen LogP) is 3.11. The van der Waals surface area contributed by atoms with Crippen molar-refractivity contribution in [3.63, 3.8) is 0 Å². The third-order valence-electron chi connectivity index (χ3n) is 2.05. The van der Waals surface area contributed by atoms with Gasteiger partial charge in [0.1, 0.15) is 5.15 Å². The Morgan fingerprint density at radius 1 is 1.36 bits per heavy atom. The number of benzene rings is 1. The van der Waals surface area contributed by atoms with Gasteiger partial charge in [-0.3, -0.25) is 0 Å². The molecule has 1 heterocycles. The third-order valence-corrected chi connectivity index (χ3v) is 2.73. The molecule has 2 N–H and O–H groups in total. The minimum absolute atomic E-state index is 0.467. The van der Waals surface area contributed by atoms with E-state index in [1.54, 1.807) is 6.07 Å². The fourth-order valence-corrected chi connectivity index (χ4v) is 1.98.